The highest BCUT2D eigenvalue weighted by atomic mass is 16.5. The van der Waals surface area contributed by atoms with Gasteiger partial charge in [-0.3, -0.25) is 4.79 Å². The molecule has 7 nitrogen and oxygen atoms in total. The first-order valence-electron chi connectivity index (χ1n) is 12.7. The van der Waals surface area contributed by atoms with Crippen molar-refractivity contribution in [1.29, 1.82) is 0 Å². The Morgan fingerprint density at radius 3 is 2.43 bits per heavy atom. The number of allylic oxidation sites excluding steroid dienone is 3. The molecule has 37 heavy (non-hydrogen) atoms. The van der Waals surface area contributed by atoms with E-state index in [1.807, 2.05) is 63.2 Å². The van der Waals surface area contributed by atoms with E-state index >= 15 is 0 Å². The third-order valence-electron chi connectivity index (χ3n) is 6.79. The van der Waals surface area contributed by atoms with Crippen LogP contribution in [0.2, 0.25) is 0 Å². The molecular formula is C30H35NO6. The second kappa shape index (κ2) is 11.1. The number of ether oxygens (including phenoxy) is 4. The van der Waals surface area contributed by atoms with Gasteiger partial charge in [0.05, 0.1) is 38.4 Å². The lowest BCUT2D eigenvalue weighted by molar-refractivity contribution is -0.138. The van der Waals surface area contributed by atoms with Crippen LogP contribution in [0, 0.1) is 0 Å². The number of esters is 1. The molecule has 2 aromatic carbocycles. The van der Waals surface area contributed by atoms with E-state index in [0.29, 0.717) is 46.9 Å². The average molecular weight is 506 g/mol. The number of rotatable bonds is 8. The number of methoxy groups -OCH3 is 2. The van der Waals surface area contributed by atoms with Gasteiger partial charge in [0.15, 0.2) is 17.3 Å². The van der Waals surface area contributed by atoms with Gasteiger partial charge in [0.2, 0.25) is 0 Å². The molecule has 7 heteroatoms. The van der Waals surface area contributed by atoms with Gasteiger partial charge in [0.25, 0.3) is 0 Å². The van der Waals surface area contributed by atoms with Gasteiger partial charge in [-0.25, -0.2) is 4.79 Å². The summed E-state index contributed by atoms with van der Waals surface area (Å²) < 4.78 is 22.4. The minimum absolute atomic E-state index is 0.00724. The SMILES string of the molecule is CCOC(=O)C1=C(C)NC2=C(C(=O)C[C@@H](c3ccc(OC)c(OC)c3)C2)[C@H]1c1ccccc1OC(C)C. The number of para-hydroxylation sites is 1. The van der Waals surface area contributed by atoms with E-state index in [0.717, 1.165) is 16.8 Å². The van der Waals surface area contributed by atoms with Gasteiger partial charge >= 0.3 is 5.97 Å². The van der Waals surface area contributed by atoms with Crippen molar-refractivity contribution in [2.45, 2.75) is 58.5 Å². The summed E-state index contributed by atoms with van der Waals surface area (Å²) in [4.78, 5) is 27.1. The molecule has 1 aliphatic heterocycles. The first-order valence-corrected chi connectivity index (χ1v) is 12.7. The Labute approximate surface area is 218 Å². The summed E-state index contributed by atoms with van der Waals surface area (Å²) in [5.41, 5.74) is 4.33. The first-order chi connectivity index (χ1) is 17.8. The Morgan fingerprint density at radius 2 is 1.76 bits per heavy atom. The molecule has 2 aromatic rings. The number of benzene rings is 2. The van der Waals surface area contributed by atoms with Crippen LogP contribution < -0.4 is 19.5 Å². The lowest BCUT2D eigenvalue weighted by atomic mass is 9.71. The number of ketones is 1. The van der Waals surface area contributed by atoms with Crippen molar-refractivity contribution in [3.63, 3.8) is 0 Å². The zero-order valence-electron chi connectivity index (χ0n) is 22.3. The third kappa shape index (κ3) is 5.22. The summed E-state index contributed by atoms with van der Waals surface area (Å²) in [6.45, 7) is 7.79. The molecule has 2 aliphatic rings. The molecule has 0 radical (unpaired) electrons. The van der Waals surface area contributed by atoms with Crippen molar-refractivity contribution >= 4 is 11.8 Å². The van der Waals surface area contributed by atoms with Crippen molar-refractivity contribution in [3.8, 4) is 17.2 Å². The maximum Gasteiger partial charge on any atom is 0.336 e. The smallest absolute Gasteiger partial charge is 0.336 e. The molecule has 4 rings (SSSR count). The van der Waals surface area contributed by atoms with Crippen LogP contribution in [0.15, 0.2) is 65.0 Å². The standard InChI is InChI=1S/C30H35NO6/c1-7-36-30(33)27-18(4)31-22-14-20(19-12-13-25(34-5)26(16-19)35-6)15-23(32)29(22)28(27)21-10-8-9-11-24(21)37-17(2)3/h8-13,16-17,20,28,31H,7,14-15H2,1-6H3/t20-,28-/m0/s1. The van der Waals surface area contributed by atoms with Crippen molar-refractivity contribution in [2.75, 3.05) is 20.8 Å². The van der Waals surface area contributed by atoms with E-state index in [1.165, 1.54) is 0 Å². The van der Waals surface area contributed by atoms with Crippen LogP contribution in [0.3, 0.4) is 0 Å². The molecule has 0 saturated heterocycles. The highest BCUT2D eigenvalue weighted by Crippen LogP contribution is 2.48. The molecule has 0 aromatic heterocycles. The predicted molar refractivity (Wildman–Crippen MR) is 141 cm³/mol. The zero-order valence-corrected chi connectivity index (χ0v) is 22.3. The van der Waals surface area contributed by atoms with E-state index in [-0.39, 0.29) is 24.4 Å². The van der Waals surface area contributed by atoms with Crippen molar-refractivity contribution < 1.29 is 28.5 Å². The Morgan fingerprint density at radius 1 is 1.03 bits per heavy atom. The van der Waals surface area contributed by atoms with E-state index in [2.05, 4.69) is 5.32 Å². The number of carbonyl (C=O) groups is 2. The molecule has 0 unspecified atom stereocenters. The summed E-state index contributed by atoms with van der Waals surface area (Å²) in [6, 6.07) is 13.4. The summed E-state index contributed by atoms with van der Waals surface area (Å²) >= 11 is 0. The summed E-state index contributed by atoms with van der Waals surface area (Å²) in [7, 11) is 3.20. The van der Waals surface area contributed by atoms with Gasteiger partial charge in [-0.15, -0.1) is 0 Å². The fraction of sp³-hybridized carbons (Fsp3) is 0.400. The predicted octanol–water partition coefficient (Wildman–Crippen LogP) is 5.42. The molecule has 196 valence electrons. The molecule has 2 atom stereocenters. The Hall–Kier alpha value is -3.74. The summed E-state index contributed by atoms with van der Waals surface area (Å²) in [5, 5.41) is 3.39. The number of hydrogen-bond acceptors (Lipinski definition) is 7. The molecule has 0 saturated carbocycles. The number of carbonyl (C=O) groups excluding carboxylic acids is 2. The molecule has 1 N–H and O–H groups in total. The maximum atomic E-state index is 13.9. The molecular weight excluding hydrogens is 470 g/mol. The minimum atomic E-state index is -0.580. The average Bonchev–Trinajstić information content (AvgIpc) is 2.87. The molecule has 0 spiro atoms. The van der Waals surface area contributed by atoms with Crippen LogP contribution in [-0.4, -0.2) is 38.7 Å². The number of dihydropyridines is 1. The Bertz CT molecular complexity index is 1260. The van der Waals surface area contributed by atoms with Gasteiger partial charge in [-0.05, 0) is 63.8 Å². The largest absolute Gasteiger partial charge is 0.493 e. The van der Waals surface area contributed by atoms with Gasteiger partial charge in [-0.1, -0.05) is 24.3 Å². The molecule has 0 amide bonds. The van der Waals surface area contributed by atoms with Crippen molar-refractivity contribution in [2.24, 2.45) is 0 Å². The maximum absolute atomic E-state index is 13.9. The first kappa shape index (κ1) is 26.3. The highest BCUT2D eigenvalue weighted by Gasteiger charge is 2.42. The zero-order chi connectivity index (χ0) is 26.7. The fourth-order valence-corrected chi connectivity index (χ4v) is 5.25. The van der Waals surface area contributed by atoms with Gasteiger partial charge in [-0.2, -0.15) is 0 Å². The highest BCUT2D eigenvalue weighted by molar-refractivity contribution is 6.04. The molecule has 1 heterocycles. The summed E-state index contributed by atoms with van der Waals surface area (Å²) in [5.74, 6) is 0.861. The third-order valence-corrected chi connectivity index (χ3v) is 6.79. The number of nitrogens with one attached hydrogen (secondary N) is 1. The molecule has 0 fully saturated rings. The van der Waals surface area contributed by atoms with Crippen LogP contribution in [0.1, 0.15) is 63.5 Å². The second-order valence-electron chi connectivity index (χ2n) is 9.56. The van der Waals surface area contributed by atoms with Crippen LogP contribution in [-0.2, 0) is 14.3 Å². The van der Waals surface area contributed by atoms with E-state index < -0.39 is 11.9 Å². The van der Waals surface area contributed by atoms with Crippen LogP contribution >= 0.6 is 0 Å². The van der Waals surface area contributed by atoms with Crippen LogP contribution in [0.5, 0.6) is 17.2 Å². The normalized spacial score (nSPS) is 19.4. The lowest BCUT2D eigenvalue weighted by Gasteiger charge is -2.37. The van der Waals surface area contributed by atoms with E-state index in [9.17, 15) is 9.59 Å². The quantitative estimate of drug-likeness (QED) is 0.480. The number of Topliss-reactive ketones (excluding diaryl/α,β-unsaturated/α-hetero) is 1. The van der Waals surface area contributed by atoms with E-state index in [4.69, 9.17) is 18.9 Å². The number of hydrogen-bond donors (Lipinski definition) is 1. The van der Waals surface area contributed by atoms with Gasteiger partial charge in [0.1, 0.15) is 5.75 Å². The van der Waals surface area contributed by atoms with Crippen molar-refractivity contribution in [1.82, 2.24) is 5.32 Å². The van der Waals surface area contributed by atoms with Crippen LogP contribution in [0.4, 0.5) is 0 Å². The Kier molecular flexibility index (Phi) is 7.91. The Balaban J connectivity index is 1.81. The van der Waals surface area contributed by atoms with Crippen molar-refractivity contribution in [3.05, 3.63) is 76.1 Å². The topological polar surface area (TPSA) is 83.1 Å². The van der Waals surface area contributed by atoms with E-state index in [1.54, 1.807) is 21.1 Å². The lowest BCUT2D eigenvalue weighted by Crippen LogP contribution is -2.36. The molecule has 1 aliphatic carbocycles. The summed E-state index contributed by atoms with van der Waals surface area (Å²) in [6.07, 6.45) is 0.867. The second-order valence-corrected chi connectivity index (χ2v) is 9.56. The monoisotopic (exact) mass is 505 g/mol. The molecule has 0 bridgehead atoms. The van der Waals surface area contributed by atoms with Crippen LogP contribution in [0.25, 0.3) is 0 Å². The van der Waals surface area contributed by atoms with Gasteiger partial charge in [0, 0.05) is 29.0 Å². The minimum Gasteiger partial charge on any atom is -0.493 e. The fourth-order valence-electron chi connectivity index (χ4n) is 5.25. The van der Waals surface area contributed by atoms with Gasteiger partial charge < -0.3 is 24.3 Å².